The highest BCUT2D eigenvalue weighted by molar-refractivity contribution is 5.44. The highest BCUT2D eigenvalue weighted by Crippen LogP contribution is 2.49. The minimum absolute atomic E-state index is 0.0979. The van der Waals surface area contributed by atoms with Gasteiger partial charge in [0, 0.05) is 16.6 Å². The van der Waals surface area contributed by atoms with E-state index >= 15 is 30.7 Å². The van der Waals surface area contributed by atoms with E-state index in [9.17, 15) is 4.39 Å². The van der Waals surface area contributed by atoms with E-state index in [2.05, 4.69) is 25.3 Å². The molecule has 0 N–H and O–H groups in total. The van der Waals surface area contributed by atoms with Crippen molar-refractivity contribution in [3.8, 4) is 5.75 Å². The Hall–Kier alpha value is -4.60. The van der Waals surface area contributed by atoms with Crippen molar-refractivity contribution in [3.05, 3.63) is 160 Å². The standard InChI is InChI=1S/C46H46F8O2/c1-6-9-32(10-8-17-55-37-24-36(47)38(48)34(39(49)42(37)52)22-30-20-26-12-14-28(30)18-26)46(4,5)25(3)11-16-33(7-2)56-45-43(53)40(50)35(41(51)44(45)54)23-31-21-27-13-15-29(31)19-27/h6-16,26-31H,1,3,17-24H2,2,4-5H3/b10-8-,16-11-,32-9+,33-7+. The van der Waals surface area contributed by atoms with Crippen LogP contribution >= 0.6 is 0 Å². The Morgan fingerprint density at radius 3 is 1.91 bits per heavy atom. The molecule has 0 amide bonds. The predicted octanol–water partition coefficient (Wildman–Crippen LogP) is 13.7. The first-order chi connectivity index (χ1) is 26.6. The number of rotatable bonds is 15. The first-order valence-electron chi connectivity index (χ1n) is 19.0. The van der Waals surface area contributed by atoms with E-state index in [0.717, 1.165) is 12.8 Å². The minimum Gasteiger partial charge on any atom is -0.490 e. The largest absolute Gasteiger partial charge is 0.490 e. The third-order valence-corrected chi connectivity index (χ3v) is 12.0. The number of allylic oxidation sites excluding steroid dienone is 17. The Morgan fingerprint density at radius 2 is 1.38 bits per heavy atom. The monoisotopic (exact) mass is 782 g/mol. The zero-order valence-corrected chi connectivity index (χ0v) is 31.7. The second-order valence-corrected chi connectivity index (χ2v) is 15.8. The van der Waals surface area contributed by atoms with Crippen LogP contribution in [-0.4, -0.2) is 6.61 Å². The van der Waals surface area contributed by atoms with Gasteiger partial charge in [0.15, 0.2) is 29.1 Å². The molecule has 6 rings (SSSR count). The molecule has 0 radical (unpaired) electrons. The lowest BCUT2D eigenvalue weighted by molar-refractivity contribution is 0.222. The topological polar surface area (TPSA) is 18.5 Å². The molecule has 2 nitrogen and oxygen atoms in total. The zero-order valence-electron chi connectivity index (χ0n) is 31.7. The average molecular weight is 783 g/mol. The SMILES string of the molecule is C=C/C=C(\C=C/COC1=C(F)C(F)=C(CC2CC3C=CC2C3)C(F)=C(F)C1)C(C)(C)C(=C)/C=C\C(=C/C)Oc1c(F)c(F)c(CC2CC3C=CC2C3)c(F)c1F. The van der Waals surface area contributed by atoms with Crippen LogP contribution in [0.3, 0.4) is 0 Å². The maximum absolute atomic E-state index is 15.3. The number of fused-ring (bicyclic) bond motifs is 4. The third kappa shape index (κ3) is 8.25. The second kappa shape index (κ2) is 16.9. The Kier molecular flexibility index (Phi) is 12.4. The molecule has 298 valence electrons. The zero-order chi connectivity index (χ0) is 40.5. The van der Waals surface area contributed by atoms with Crippen LogP contribution in [-0.2, 0) is 11.2 Å². The van der Waals surface area contributed by atoms with E-state index in [1.807, 2.05) is 12.2 Å². The summed E-state index contributed by atoms with van der Waals surface area (Å²) in [5, 5.41) is 0. The van der Waals surface area contributed by atoms with E-state index in [4.69, 9.17) is 9.47 Å². The lowest BCUT2D eigenvalue weighted by atomic mass is 9.77. The number of ether oxygens (including phenoxy) is 2. The first kappa shape index (κ1) is 41.0. The second-order valence-electron chi connectivity index (χ2n) is 15.8. The summed E-state index contributed by atoms with van der Waals surface area (Å²) in [6.07, 6.45) is 20.7. The van der Waals surface area contributed by atoms with Crippen molar-refractivity contribution in [1.29, 1.82) is 0 Å². The van der Waals surface area contributed by atoms with Crippen molar-refractivity contribution in [1.82, 2.24) is 0 Å². The number of hydrogen-bond acceptors (Lipinski definition) is 2. The van der Waals surface area contributed by atoms with E-state index < -0.39 is 81.1 Å². The van der Waals surface area contributed by atoms with E-state index in [1.165, 1.54) is 37.3 Å². The molecule has 1 aromatic rings. The smallest absolute Gasteiger partial charge is 0.204 e. The maximum Gasteiger partial charge on any atom is 0.204 e. The molecule has 6 atom stereocenters. The van der Waals surface area contributed by atoms with Gasteiger partial charge in [-0.25, -0.2) is 22.0 Å². The number of halogens is 8. The number of hydrogen-bond donors (Lipinski definition) is 0. The third-order valence-electron chi connectivity index (χ3n) is 12.0. The Labute approximate surface area is 323 Å². The molecule has 6 unspecified atom stereocenters. The molecule has 4 bridgehead atoms. The van der Waals surface area contributed by atoms with Gasteiger partial charge in [-0.2, -0.15) is 13.2 Å². The minimum atomic E-state index is -1.62. The molecule has 10 heteroatoms. The van der Waals surface area contributed by atoms with Crippen molar-refractivity contribution >= 4 is 0 Å². The molecule has 2 fully saturated rings. The van der Waals surface area contributed by atoms with Gasteiger partial charge in [-0.05, 0) is 110 Å². The Balaban J connectivity index is 1.10. The summed E-state index contributed by atoms with van der Waals surface area (Å²) in [4.78, 5) is 0. The Morgan fingerprint density at radius 1 is 0.768 bits per heavy atom. The highest BCUT2D eigenvalue weighted by Gasteiger charge is 2.40. The van der Waals surface area contributed by atoms with E-state index in [0.29, 0.717) is 35.8 Å². The molecule has 2 saturated carbocycles. The lowest BCUT2D eigenvalue weighted by Crippen LogP contribution is -2.16. The summed E-state index contributed by atoms with van der Waals surface area (Å²) in [5.41, 5.74) is -1.02. The van der Waals surface area contributed by atoms with Crippen molar-refractivity contribution in [2.75, 3.05) is 6.61 Å². The summed E-state index contributed by atoms with van der Waals surface area (Å²) in [6, 6.07) is 0. The van der Waals surface area contributed by atoms with Gasteiger partial charge < -0.3 is 9.47 Å². The van der Waals surface area contributed by atoms with Crippen molar-refractivity contribution in [3.63, 3.8) is 0 Å². The predicted molar refractivity (Wildman–Crippen MR) is 202 cm³/mol. The summed E-state index contributed by atoms with van der Waals surface area (Å²) in [5.74, 6) is -13.1. The first-order valence-corrected chi connectivity index (χ1v) is 19.0. The fourth-order valence-corrected chi connectivity index (χ4v) is 8.62. The molecule has 5 aliphatic rings. The molecular formula is C46H46F8O2. The fraction of sp³-hybridized carbons (Fsp3) is 0.391. The van der Waals surface area contributed by atoms with Gasteiger partial charge in [-0.3, -0.25) is 0 Å². The van der Waals surface area contributed by atoms with Crippen LogP contribution in [0, 0.1) is 64.2 Å². The molecule has 0 heterocycles. The van der Waals surface area contributed by atoms with Crippen LogP contribution < -0.4 is 4.74 Å². The van der Waals surface area contributed by atoms with Crippen LogP contribution in [0.25, 0.3) is 0 Å². The summed E-state index contributed by atoms with van der Waals surface area (Å²) >= 11 is 0. The number of benzene rings is 1. The Bertz CT molecular complexity index is 2030. The summed E-state index contributed by atoms with van der Waals surface area (Å²) in [6.45, 7) is 12.7. The van der Waals surface area contributed by atoms with Crippen LogP contribution in [0.2, 0.25) is 0 Å². The van der Waals surface area contributed by atoms with E-state index in [-0.39, 0.29) is 48.9 Å². The van der Waals surface area contributed by atoms with Gasteiger partial charge in [0.1, 0.15) is 24.0 Å². The summed E-state index contributed by atoms with van der Waals surface area (Å²) < 4.78 is 132. The molecule has 0 spiro atoms. The van der Waals surface area contributed by atoms with Gasteiger partial charge in [0.05, 0.1) is 6.42 Å². The normalized spacial score (nSPS) is 26.6. The van der Waals surface area contributed by atoms with Crippen LogP contribution in [0.4, 0.5) is 35.1 Å². The van der Waals surface area contributed by atoms with Gasteiger partial charge in [-0.1, -0.05) is 75.6 Å². The molecule has 1 aromatic carbocycles. The molecular weight excluding hydrogens is 736 g/mol. The van der Waals surface area contributed by atoms with E-state index in [1.54, 1.807) is 26.0 Å². The van der Waals surface area contributed by atoms with Crippen molar-refractivity contribution < 1.29 is 44.6 Å². The lowest BCUT2D eigenvalue weighted by Gasteiger charge is -2.27. The van der Waals surface area contributed by atoms with Gasteiger partial charge in [0.25, 0.3) is 0 Å². The van der Waals surface area contributed by atoms with Crippen LogP contribution in [0.15, 0.2) is 132 Å². The maximum atomic E-state index is 15.3. The molecule has 5 aliphatic carbocycles. The van der Waals surface area contributed by atoms with Gasteiger partial charge >= 0.3 is 0 Å². The quantitative estimate of drug-likeness (QED) is 0.0580. The molecule has 0 aromatic heterocycles. The molecule has 0 aliphatic heterocycles. The van der Waals surface area contributed by atoms with Gasteiger partial charge in [-0.15, -0.1) is 0 Å². The average Bonchev–Trinajstić information content (AvgIpc) is 4.00. The molecule has 56 heavy (non-hydrogen) atoms. The van der Waals surface area contributed by atoms with Gasteiger partial charge in [0.2, 0.25) is 17.4 Å². The van der Waals surface area contributed by atoms with Crippen molar-refractivity contribution in [2.45, 2.75) is 65.7 Å². The summed E-state index contributed by atoms with van der Waals surface area (Å²) in [7, 11) is 0. The van der Waals surface area contributed by atoms with Crippen LogP contribution in [0.1, 0.15) is 64.9 Å². The van der Waals surface area contributed by atoms with Crippen LogP contribution in [0.5, 0.6) is 5.75 Å². The highest BCUT2D eigenvalue weighted by atomic mass is 19.2. The molecule has 0 saturated heterocycles. The fourth-order valence-electron chi connectivity index (χ4n) is 8.62. The van der Waals surface area contributed by atoms with Crippen molar-refractivity contribution in [2.24, 2.45) is 40.9 Å².